The van der Waals surface area contributed by atoms with Crippen LogP contribution in [0.1, 0.15) is 44.9 Å². The van der Waals surface area contributed by atoms with E-state index in [1.807, 2.05) is 7.11 Å². The summed E-state index contributed by atoms with van der Waals surface area (Å²) in [6, 6.07) is 0.596. The van der Waals surface area contributed by atoms with Gasteiger partial charge in [0.25, 0.3) is 0 Å². The Balaban J connectivity index is 1.79. The minimum absolute atomic E-state index is 0.440. The molecule has 0 aromatic carbocycles. The first-order chi connectivity index (χ1) is 8.33. The SMILES string of the molecule is COC1CCN(C(CN)CC2CCCCC2)C1. The molecule has 17 heavy (non-hydrogen) atoms. The molecular weight excluding hydrogens is 212 g/mol. The van der Waals surface area contributed by atoms with E-state index in [0.29, 0.717) is 12.1 Å². The Labute approximate surface area is 106 Å². The molecule has 3 nitrogen and oxygen atoms in total. The highest BCUT2D eigenvalue weighted by molar-refractivity contribution is 4.84. The van der Waals surface area contributed by atoms with E-state index in [1.54, 1.807) is 0 Å². The van der Waals surface area contributed by atoms with Gasteiger partial charge in [0.2, 0.25) is 0 Å². The predicted octanol–water partition coefficient (Wildman–Crippen LogP) is 2.00. The molecule has 2 fully saturated rings. The van der Waals surface area contributed by atoms with Crippen molar-refractivity contribution in [3.8, 4) is 0 Å². The number of rotatable bonds is 5. The minimum atomic E-state index is 0.440. The second kappa shape index (κ2) is 6.72. The van der Waals surface area contributed by atoms with Gasteiger partial charge in [-0.1, -0.05) is 32.1 Å². The lowest BCUT2D eigenvalue weighted by atomic mass is 9.84. The van der Waals surface area contributed by atoms with Gasteiger partial charge in [0, 0.05) is 32.8 Å². The number of nitrogens with two attached hydrogens (primary N) is 1. The Hall–Kier alpha value is -0.120. The van der Waals surface area contributed by atoms with E-state index in [2.05, 4.69) is 4.90 Å². The lowest BCUT2D eigenvalue weighted by Gasteiger charge is -2.31. The predicted molar refractivity (Wildman–Crippen MR) is 71.0 cm³/mol. The van der Waals surface area contributed by atoms with Gasteiger partial charge in [0.1, 0.15) is 0 Å². The Kier molecular flexibility index (Phi) is 5.26. The lowest BCUT2D eigenvalue weighted by molar-refractivity contribution is 0.0969. The Morgan fingerprint density at radius 1 is 1.24 bits per heavy atom. The van der Waals surface area contributed by atoms with E-state index in [1.165, 1.54) is 51.5 Å². The number of likely N-dealkylation sites (tertiary alicyclic amines) is 1. The van der Waals surface area contributed by atoms with Gasteiger partial charge in [-0.3, -0.25) is 4.90 Å². The smallest absolute Gasteiger partial charge is 0.0710 e. The van der Waals surface area contributed by atoms with E-state index < -0.39 is 0 Å². The van der Waals surface area contributed by atoms with Crippen molar-refractivity contribution in [3.63, 3.8) is 0 Å². The van der Waals surface area contributed by atoms with Crippen molar-refractivity contribution < 1.29 is 4.74 Å². The molecule has 1 heterocycles. The van der Waals surface area contributed by atoms with Gasteiger partial charge in [-0.05, 0) is 18.8 Å². The van der Waals surface area contributed by atoms with E-state index in [9.17, 15) is 0 Å². The number of nitrogens with zero attached hydrogens (tertiary/aromatic N) is 1. The monoisotopic (exact) mass is 240 g/mol. The third-order valence-corrected chi connectivity index (χ3v) is 4.63. The molecule has 2 atom stereocenters. The highest BCUT2D eigenvalue weighted by Crippen LogP contribution is 2.29. The quantitative estimate of drug-likeness (QED) is 0.799. The van der Waals surface area contributed by atoms with Crippen LogP contribution in [0, 0.1) is 5.92 Å². The van der Waals surface area contributed by atoms with Crippen LogP contribution in [0.5, 0.6) is 0 Å². The molecule has 0 aromatic heterocycles. The molecule has 1 aliphatic heterocycles. The standard InChI is InChI=1S/C14H28N2O/c1-17-14-7-8-16(11-14)13(10-15)9-12-5-3-2-4-6-12/h12-14H,2-11,15H2,1H3. The molecule has 2 N–H and O–H groups in total. The van der Waals surface area contributed by atoms with E-state index in [-0.39, 0.29) is 0 Å². The summed E-state index contributed by atoms with van der Waals surface area (Å²) in [6.45, 7) is 3.07. The van der Waals surface area contributed by atoms with E-state index >= 15 is 0 Å². The molecule has 0 aromatic rings. The van der Waals surface area contributed by atoms with Crippen LogP contribution in [0.25, 0.3) is 0 Å². The minimum Gasteiger partial charge on any atom is -0.380 e. The van der Waals surface area contributed by atoms with Crippen molar-refractivity contribution in [2.45, 2.75) is 57.1 Å². The highest BCUT2D eigenvalue weighted by Gasteiger charge is 2.29. The average molecular weight is 240 g/mol. The molecule has 0 amide bonds. The number of methoxy groups -OCH3 is 1. The topological polar surface area (TPSA) is 38.5 Å². The molecule has 1 saturated carbocycles. The summed E-state index contributed by atoms with van der Waals surface area (Å²) < 4.78 is 5.44. The van der Waals surface area contributed by atoms with E-state index in [0.717, 1.165) is 19.0 Å². The third kappa shape index (κ3) is 3.67. The van der Waals surface area contributed by atoms with Gasteiger partial charge in [-0.2, -0.15) is 0 Å². The van der Waals surface area contributed by atoms with Crippen molar-refractivity contribution in [2.75, 3.05) is 26.7 Å². The van der Waals surface area contributed by atoms with Crippen LogP contribution < -0.4 is 5.73 Å². The summed E-state index contributed by atoms with van der Waals surface area (Å²) >= 11 is 0. The van der Waals surface area contributed by atoms with Crippen molar-refractivity contribution in [1.82, 2.24) is 4.90 Å². The van der Waals surface area contributed by atoms with Gasteiger partial charge in [0.15, 0.2) is 0 Å². The highest BCUT2D eigenvalue weighted by atomic mass is 16.5. The molecule has 1 saturated heterocycles. The van der Waals surface area contributed by atoms with Crippen LogP contribution in [0.4, 0.5) is 0 Å². The lowest BCUT2D eigenvalue weighted by Crippen LogP contribution is -2.41. The fraction of sp³-hybridized carbons (Fsp3) is 1.00. The molecule has 3 heteroatoms. The van der Waals surface area contributed by atoms with Crippen molar-refractivity contribution in [3.05, 3.63) is 0 Å². The molecule has 2 rings (SSSR count). The maximum Gasteiger partial charge on any atom is 0.0710 e. The summed E-state index contributed by atoms with van der Waals surface area (Å²) in [5.41, 5.74) is 5.97. The van der Waals surface area contributed by atoms with E-state index in [4.69, 9.17) is 10.5 Å². The Bertz CT molecular complexity index is 216. The van der Waals surface area contributed by atoms with Crippen LogP contribution >= 0.6 is 0 Å². The Morgan fingerprint density at radius 2 is 2.00 bits per heavy atom. The molecule has 0 bridgehead atoms. The summed E-state index contributed by atoms with van der Waals surface area (Å²) in [5, 5.41) is 0. The first kappa shape index (κ1) is 13.3. The first-order valence-corrected chi connectivity index (χ1v) is 7.30. The van der Waals surface area contributed by atoms with Crippen LogP contribution in [0.15, 0.2) is 0 Å². The second-order valence-corrected chi connectivity index (χ2v) is 5.77. The van der Waals surface area contributed by atoms with Gasteiger partial charge >= 0.3 is 0 Å². The summed E-state index contributed by atoms with van der Waals surface area (Å²) in [6.07, 6.45) is 10.1. The zero-order valence-corrected chi connectivity index (χ0v) is 11.2. The van der Waals surface area contributed by atoms with Gasteiger partial charge in [-0.25, -0.2) is 0 Å². The second-order valence-electron chi connectivity index (χ2n) is 5.77. The zero-order valence-electron chi connectivity index (χ0n) is 11.2. The number of hydrogen-bond acceptors (Lipinski definition) is 3. The van der Waals surface area contributed by atoms with Crippen LogP contribution in [-0.4, -0.2) is 43.8 Å². The summed E-state index contributed by atoms with van der Waals surface area (Å²) in [4.78, 5) is 2.56. The third-order valence-electron chi connectivity index (χ3n) is 4.63. The molecular formula is C14H28N2O. The van der Waals surface area contributed by atoms with Crippen molar-refractivity contribution >= 4 is 0 Å². The van der Waals surface area contributed by atoms with Crippen LogP contribution in [0.2, 0.25) is 0 Å². The van der Waals surface area contributed by atoms with Gasteiger partial charge in [0.05, 0.1) is 6.10 Å². The molecule has 2 unspecified atom stereocenters. The van der Waals surface area contributed by atoms with Gasteiger partial charge in [-0.15, -0.1) is 0 Å². The maximum atomic E-state index is 5.97. The van der Waals surface area contributed by atoms with Crippen molar-refractivity contribution in [1.29, 1.82) is 0 Å². The Morgan fingerprint density at radius 3 is 2.59 bits per heavy atom. The largest absolute Gasteiger partial charge is 0.380 e. The average Bonchev–Trinajstić information content (AvgIpc) is 2.86. The number of ether oxygens (including phenoxy) is 1. The van der Waals surface area contributed by atoms with Crippen LogP contribution in [-0.2, 0) is 4.74 Å². The normalized spacial score (nSPS) is 29.6. The summed E-state index contributed by atoms with van der Waals surface area (Å²) in [5.74, 6) is 0.930. The van der Waals surface area contributed by atoms with Crippen LogP contribution in [0.3, 0.4) is 0 Å². The first-order valence-electron chi connectivity index (χ1n) is 7.30. The molecule has 1 aliphatic carbocycles. The summed E-state index contributed by atoms with van der Waals surface area (Å²) in [7, 11) is 1.83. The number of hydrogen-bond donors (Lipinski definition) is 1. The molecule has 0 radical (unpaired) electrons. The fourth-order valence-corrected chi connectivity index (χ4v) is 3.48. The van der Waals surface area contributed by atoms with Gasteiger partial charge < -0.3 is 10.5 Å². The maximum absolute atomic E-state index is 5.97. The molecule has 0 spiro atoms. The zero-order chi connectivity index (χ0) is 12.1. The molecule has 2 aliphatic rings. The van der Waals surface area contributed by atoms with Crippen molar-refractivity contribution in [2.24, 2.45) is 11.7 Å². The molecule has 100 valence electrons. The fourth-order valence-electron chi connectivity index (χ4n) is 3.48.